The number of nitrogens with one attached hydrogen (secondary N) is 1. The number of carbonyl (C=O) groups is 1. The van der Waals surface area contributed by atoms with Gasteiger partial charge in [-0.1, -0.05) is 23.2 Å². The summed E-state index contributed by atoms with van der Waals surface area (Å²) in [6.07, 6.45) is 0. The normalized spacial score (nSPS) is 22.2. The van der Waals surface area contributed by atoms with Gasteiger partial charge in [0, 0.05) is 37.3 Å². The highest BCUT2D eigenvalue weighted by Gasteiger charge is 2.32. The number of rotatable bonds is 2. The molecule has 0 saturated carbocycles. The largest absolute Gasteiger partial charge is 0.331 e. The molecule has 1 fully saturated rings. The van der Waals surface area contributed by atoms with E-state index in [9.17, 15) is 14.9 Å². The maximum atomic E-state index is 12.7. The van der Waals surface area contributed by atoms with Crippen molar-refractivity contribution in [3.05, 3.63) is 37.9 Å². The highest BCUT2D eigenvalue weighted by Crippen LogP contribution is 2.32. The van der Waals surface area contributed by atoms with Crippen LogP contribution in [0, 0.1) is 10.1 Å². The first-order valence-electron chi connectivity index (χ1n) is 6.49. The Morgan fingerprint density at radius 2 is 1.90 bits per heavy atom. The van der Waals surface area contributed by atoms with Gasteiger partial charge in [-0.2, -0.15) is 0 Å². The van der Waals surface area contributed by atoms with Crippen molar-refractivity contribution in [1.82, 2.24) is 10.2 Å². The fraction of sp³-hybridized carbons (Fsp3) is 0.462. The summed E-state index contributed by atoms with van der Waals surface area (Å²) < 4.78 is 0. The minimum atomic E-state index is -0.594. The number of carbonyl (C=O) groups excluding carboxylic acids is 1. The second-order valence-electron chi connectivity index (χ2n) is 5.11. The van der Waals surface area contributed by atoms with Crippen molar-refractivity contribution in [2.24, 2.45) is 0 Å². The van der Waals surface area contributed by atoms with Crippen LogP contribution in [0.15, 0.2) is 12.1 Å². The molecule has 0 aromatic heterocycles. The first-order valence-corrected chi connectivity index (χ1v) is 7.25. The van der Waals surface area contributed by atoms with Gasteiger partial charge in [0.1, 0.15) is 0 Å². The van der Waals surface area contributed by atoms with Crippen molar-refractivity contribution in [3.63, 3.8) is 0 Å². The van der Waals surface area contributed by atoms with Crippen LogP contribution in [0.25, 0.3) is 0 Å². The van der Waals surface area contributed by atoms with Gasteiger partial charge in [0.05, 0.1) is 20.5 Å². The van der Waals surface area contributed by atoms with E-state index in [0.717, 1.165) is 6.07 Å². The lowest BCUT2D eigenvalue weighted by molar-refractivity contribution is -0.384. The van der Waals surface area contributed by atoms with E-state index in [1.54, 1.807) is 4.90 Å². The highest BCUT2D eigenvalue weighted by atomic mass is 35.5. The molecule has 0 bridgehead atoms. The Balaban J connectivity index is 2.45. The number of piperazine rings is 1. The van der Waals surface area contributed by atoms with Gasteiger partial charge in [0.15, 0.2) is 0 Å². The summed E-state index contributed by atoms with van der Waals surface area (Å²) in [7, 11) is 0. The molecule has 21 heavy (non-hydrogen) atoms. The van der Waals surface area contributed by atoms with Crippen LogP contribution < -0.4 is 5.32 Å². The molecule has 2 atom stereocenters. The Bertz CT molecular complexity index is 584. The third-order valence-corrected chi connectivity index (χ3v) is 4.32. The Morgan fingerprint density at radius 3 is 2.43 bits per heavy atom. The van der Waals surface area contributed by atoms with Crippen LogP contribution in [-0.2, 0) is 0 Å². The summed E-state index contributed by atoms with van der Waals surface area (Å²) in [6, 6.07) is 2.26. The fourth-order valence-electron chi connectivity index (χ4n) is 2.51. The van der Waals surface area contributed by atoms with Crippen LogP contribution in [-0.4, -0.2) is 40.9 Å². The van der Waals surface area contributed by atoms with Crippen LogP contribution in [0.5, 0.6) is 0 Å². The number of nitro benzene ring substituents is 1. The molecule has 0 aliphatic carbocycles. The molecule has 0 spiro atoms. The summed E-state index contributed by atoms with van der Waals surface area (Å²) in [6.45, 7) is 5.15. The van der Waals surface area contributed by atoms with Crippen molar-refractivity contribution in [2.45, 2.75) is 25.9 Å². The van der Waals surface area contributed by atoms with E-state index in [2.05, 4.69) is 5.32 Å². The van der Waals surface area contributed by atoms with Crippen molar-refractivity contribution >= 4 is 34.8 Å². The van der Waals surface area contributed by atoms with E-state index < -0.39 is 4.92 Å². The van der Waals surface area contributed by atoms with E-state index in [0.29, 0.717) is 13.1 Å². The maximum absolute atomic E-state index is 12.7. The van der Waals surface area contributed by atoms with Gasteiger partial charge in [-0.3, -0.25) is 14.9 Å². The predicted molar refractivity (Wildman–Crippen MR) is 81.1 cm³/mol. The highest BCUT2D eigenvalue weighted by molar-refractivity contribution is 6.44. The molecular formula is C13H15Cl2N3O3. The Morgan fingerprint density at radius 1 is 1.33 bits per heavy atom. The molecule has 1 saturated heterocycles. The molecule has 114 valence electrons. The van der Waals surface area contributed by atoms with E-state index in [1.807, 2.05) is 13.8 Å². The lowest BCUT2D eigenvalue weighted by atomic mass is 10.1. The SMILES string of the molecule is CC1CNCC(C)N1C(=O)c1cc([N+](=O)[O-])cc(Cl)c1Cl. The predicted octanol–water partition coefficient (Wildman–Crippen LogP) is 2.72. The van der Waals surface area contributed by atoms with E-state index in [4.69, 9.17) is 23.2 Å². The number of hydrogen-bond acceptors (Lipinski definition) is 4. The van der Waals surface area contributed by atoms with Crippen LogP contribution in [0.1, 0.15) is 24.2 Å². The van der Waals surface area contributed by atoms with Crippen molar-refractivity contribution in [1.29, 1.82) is 0 Å². The summed E-state index contributed by atoms with van der Waals surface area (Å²) in [4.78, 5) is 24.7. The van der Waals surface area contributed by atoms with Crippen LogP contribution >= 0.6 is 23.2 Å². The maximum Gasteiger partial charge on any atom is 0.271 e. The number of benzene rings is 1. The second-order valence-corrected chi connectivity index (χ2v) is 5.90. The molecule has 1 aromatic carbocycles. The molecular weight excluding hydrogens is 317 g/mol. The zero-order valence-electron chi connectivity index (χ0n) is 11.6. The summed E-state index contributed by atoms with van der Waals surface area (Å²) in [5, 5.41) is 14.2. The molecule has 6 nitrogen and oxygen atoms in total. The number of amides is 1. The first-order chi connectivity index (χ1) is 9.82. The lowest BCUT2D eigenvalue weighted by Crippen LogP contribution is -2.57. The van der Waals surface area contributed by atoms with Crippen molar-refractivity contribution in [3.8, 4) is 0 Å². The Hall–Kier alpha value is -1.37. The lowest BCUT2D eigenvalue weighted by Gasteiger charge is -2.39. The third kappa shape index (κ3) is 3.12. The van der Waals surface area contributed by atoms with Gasteiger partial charge in [0.25, 0.3) is 11.6 Å². The van der Waals surface area contributed by atoms with Crippen molar-refractivity contribution < 1.29 is 9.72 Å². The minimum absolute atomic E-state index is 0.00431. The Labute approximate surface area is 132 Å². The van der Waals surface area contributed by atoms with Crippen LogP contribution in [0.4, 0.5) is 5.69 Å². The molecule has 1 heterocycles. The smallest absolute Gasteiger partial charge is 0.271 e. The van der Waals surface area contributed by atoms with Gasteiger partial charge < -0.3 is 10.2 Å². The number of nitro groups is 1. The average molecular weight is 332 g/mol. The van der Waals surface area contributed by atoms with E-state index >= 15 is 0 Å². The van der Waals surface area contributed by atoms with Gasteiger partial charge in [-0.15, -0.1) is 0 Å². The monoisotopic (exact) mass is 331 g/mol. The van der Waals surface area contributed by atoms with Gasteiger partial charge in [-0.25, -0.2) is 0 Å². The molecule has 1 aromatic rings. The molecule has 1 aliphatic rings. The molecule has 1 aliphatic heterocycles. The molecule has 2 unspecified atom stereocenters. The van der Waals surface area contributed by atoms with Gasteiger partial charge in [-0.05, 0) is 13.8 Å². The summed E-state index contributed by atoms with van der Waals surface area (Å²) in [5.41, 5.74) is -0.181. The quantitative estimate of drug-likeness (QED) is 0.667. The van der Waals surface area contributed by atoms with Crippen LogP contribution in [0.3, 0.4) is 0 Å². The van der Waals surface area contributed by atoms with E-state index in [-0.39, 0.29) is 39.3 Å². The molecule has 2 rings (SSSR count). The molecule has 1 amide bonds. The molecule has 8 heteroatoms. The van der Waals surface area contributed by atoms with Crippen molar-refractivity contribution in [2.75, 3.05) is 13.1 Å². The number of hydrogen-bond donors (Lipinski definition) is 1. The number of halogens is 2. The number of nitrogens with zero attached hydrogens (tertiary/aromatic N) is 2. The first kappa shape index (κ1) is 16.0. The average Bonchev–Trinajstić information content (AvgIpc) is 2.41. The molecule has 0 radical (unpaired) electrons. The minimum Gasteiger partial charge on any atom is -0.331 e. The zero-order valence-corrected chi connectivity index (χ0v) is 13.1. The van der Waals surface area contributed by atoms with Gasteiger partial charge >= 0.3 is 0 Å². The number of non-ortho nitro benzene ring substituents is 1. The summed E-state index contributed by atoms with van der Waals surface area (Å²) >= 11 is 12.0. The molecule has 1 N–H and O–H groups in total. The van der Waals surface area contributed by atoms with E-state index in [1.165, 1.54) is 6.07 Å². The topological polar surface area (TPSA) is 75.5 Å². The third-order valence-electron chi connectivity index (χ3n) is 3.52. The second kappa shape index (κ2) is 6.17. The zero-order chi connectivity index (χ0) is 15.7. The fourth-order valence-corrected chi connectivity index (χ4v) is 2.91. The Kier molecular flexibility index (Phi) is 4.70. The van der Waals surface area contributed by atoms with Gasteiger partial charge in [0.2, 0.25) is 0 Å². The summed E-state index contributed by atoms with van der Waals surface area (Å²) in [5.74, 6) is -0.341. The van der Waals surface area contributed by atoms with Crippen LogP contribution in [0.2, 0.25) is 10.0 Å². The standard InChI is InChI=1S/C13H15Cl2N3O3/c1-7-5-16-6-8(2)17(7)13(19)10-3-9(18(20)21)4-11(14)12(10)15/h3-4,7-8,16H,5-6H2,1-2H3.